The van der Waals surface area contributed by atoms with E-state index in [1.807, 2.05) is 31.2 Å². The Morgan fingerprint density at radius 3 is 2.85 bits per heavy atom. The second-order valence-corrected chi connectivity index (χ2v) is 6.11. The third-order valence-corrected chi connectivity index (χ3v) is 4.29. The lowest BCUT2D eigenvalue weighted by Gasteiger charge is -2.20. The Bertz CT molecular complexity index is 688. The van der Waals surface area contributed by atoms with E-state index in [0.29, 0.717) is 0 Å². The first-order valence-corrected chi connectivity index (χ1v) is 8.58. The van der Waals surface area contributed by atoms with Crippen molar-refractivity contribution >= 4 is 23.5 Å². The third kappa shape index (κ3) is 4.70. The number of benzene rings is 1. The van der Waals surface area contributed by atoms with E-state index in [0.717, 1.165) is 17.7 Å². The number of para-hydroxylation sites is 1. The first-order chi connectivity index (χ1) is 12.5. The molecule has 1 aliphatic heterocycles. The standard InChI is InChI=1S/C19H24N2O5/c1-3-9-26-12-15(19(24)25)20-18(23)14-10-17(22)21(11-14)16-8-6-5-7-13(16)4-2/h3,5-8,14-15H,1,4,9-12H2,2H3,(H,20,23)(H,24,25). The van der Waals surface area contributed by atoms with Crippen molar-refractivity contribution < 1.29 is 24.2 Å². The van der Waals surface area contributed by atoms with Crippen molar-refractivity contribution in [2.24, 2.45) is 5.92 Å². The van der Waals surface area contributed by atoms with E-state index in [4.69, 9.17) is 4.74 Å². The van der Waals surface area contributed by atoms with Crippen molar-refractivity contribution in [3.63, 3.8) is 0 Å². The number of carbonyl (C=O) groups is 3. The molecule has 1 fully saturated rings. The summed E-state index contributed by atoms with van der Waals surface area (Å²) < 4.78 is 5.12. The molecule has 2 unspecified atom stereocenters. The number of aliphatic carboxylic acids is 1. The monoisotopic (exact) mass is 360 g/mol. The summed E-state index contributed by atoms with van der Waals surface area (Å²) in [6.45, 7) is 5.77. The zero-order valence-corrected chi connectivity index (χ0v) is 14.8. The van der Waals surface area contributed by atoms with Crippen LogP contribution in [-0.4, -0.2) is 48.7 Å². The average molecular weight is 360 g/mol. The van der Waals surface area contributed by atoms with Crippen molar-refractivity contribution in [2.75, 3.05) is 24.7 Å². The van der Waals surface area contributed by atoms with Gasteiger partial charge in [-0.25, -0.2) is 4.79 Å². The van der Waals surface area contributed by atoms with Gasteiger partial charge >= 0.3 is 5.97 Å². The van der Waals surface area contributed by atoms with Gasteiger partial charge in [-0.15, -0.1) is 6.58 Å². The number of carbonyl (C=O) groups excluding carboxylic acids is 2. The highest BCUT2D eigenvalue weighted by molar-refractivity contribution is 6.01. The van der Waals surface area contributed by atoms with Crippen LogP contribution in [0.25, 0.3) is 0 Å². The summed E-state index contributed by atoms with van der Waals surface area (Å²) in [5, 5.41) is 11.7. The maximum absolute atomic E-state index is 12.4. The maximum atomic E-state index is 12.4. The van der Waals surface area contributed by atoms with Crippen LogP contribution in [0.1, 0.15) is 18.9 Å². The van der Waals surface area contributed by atoms with Crippen molar-refractivity contribution in [2.45, 2.75) is 25.8 Å². The fraction of sp³-hybridized carbons (Fsp3) is 0.421. The number of anilines is 1. The lowest BCUT2D eigenvalue weighted by atomic mass is 10.1. The molecular weight excluding hydrogens is 336 g/mol. The molecule has 1 heterocycles. The van der Waals surface area contributed by atoms with E-state index in [9.17, 15) is 19.5 Å². The largest absolute Gasteiger partial charge is 0.480 e. The van der Waals surface area contributed by atoms with Crippen LogP contribution in [0.5, 0.6) is 0 Å². The Kier molecular flexibility index (Phi) is 6.91. The van der Waals surface area contributed by atoms with E-state index < -0.39 is 23.8 Å². The fourth-order valence-corrected chi connectivity index (χ4v) is 2.92. The van der Waals surface area contributed by atoms with Crippen molar-refractivity contribution in [1.82, 2.24) is 5.32 Å². The molecule has 2 atom stereocenters. The Labute approximate surface area is 152 Å². The quantitative estimate of drug-likeness (QED) is 0.512. The van der Waals surface area contributed by atoms with Crippen LogP contribution < -0.4 is 10.2 Å². The zero-order valence-electron chi connectivity index (χ0n) is 14.8. The highest BCUT2D eigenvalue weighted by Gasteiger charge is 2.37. The van der Waals surface area contributed by atoms with E-state index in [2.05, 4.69) is 11.9 Å². The summed E-state index contributed by atoms with van der Waals surface area (Å²) in [7, 11) is 0. The smallest absolute Gasteiger partial charge is 0.328 e. The summed E-state index contributed by atoms with van der Waals surface area (Å²) in [6.07, 6.45) is 2.34. The molecule has 0 saturated carbocycles. The molecule has 2 N–H and O–H groups in total. The van der Waals surface area contributed by atoms with Gasteiger partial charge in [0, 0.05) is 18.7 Å². The summed E-state index contributed by atoms with van der Waals surface area (Å²) in [6, 6.07) is 6.42. The normalized spacial score (nSPS) is 17.8. The van der Waals surface area contributed by atoms with Crippen LogP contribution in [0.3, 0.4) is 0 Å². The van der Waals surface area contributed by atoms with Gasteiger partial charge in [-0.3, -0.25) is 9.59 Å². The second-order valence-electron chi connectivity index (χ2n) is 6.11. The van der Waals surface area contributed by atoms with Gasteiger partial charge in [-0.2, -0.15) is 0 Å². The van der Waals surface area contributed by atoms with Crippen LogP contribution in [0.15, 0.2) is 36.9 Å². The minimum atomic E-state index is -1.18. The number of amides is 2. The number of nitrogens with zero attached hydrogens (tertiary/aromatic N) is 1. The van der Waals surface area contributed by atoms with Crippen LogP contribution in [0, 0.1) is 5.92 Å². The molecule has 7 nitrogen and oxygen atoms in total. The number of nitrogens with one attached hydrogen (secondary N) is 1. The molecule has 1 saturated heterocycles. The fourth-order valence-electron chi connectivity index (χ4n) is 2.92. The molecule has 0 aliphatic carbocycles. The molecule has 1 aromatic rings. The number of hydrogen-bond acceptors (Lipinski definition) is 4. The zero-order chi connectivity index (χ0) is 19.1. The van der Waals surface area contributed by atoms with Crippen LogP contribution in [-0.2, 0) is 25.5 Å². The van der Waals surface area contributed by atoms with Crippen LogP contribution in [0.2, 0.25) is 0 Å². The topological polar surface area (TPSA) is 95.9 Å². The van der Waals surface area contributed by atoms with Gasteiger partial charge in [0.05, 0.1) is 19.1 Å². The number of rotatable bonds is 9. The van der Waals surface area contributed by atoms with Crippen LogP contribution in [0.4, 0.5) is 5.69 Å². The van der Waals surface area contributed by atoms with E-state index in [1.54, 1.807) is 4.90 Å². The van der Waals surface area contributed by atoms with E-state index in [1.165, 1.54) is 6.08 Å². The average Bonchev–Trinajstić information content (AvgIpc) is 3.02. The Balaban J connectivity index is 2.03. The number of carboxylic acid groups (broad SMARTS) is 1. The van der Waals surface area contributed by atoms with Gasteiger partial charge in [0.15, 0.2) is 6.04 Å². The SMILES string of the molecule is C=CCOCC(NC(=O)C1CC(=O)N(c2ccccc2CC)C1)C(=O)O. The van der Waals surface area contributed by atoms with E-state index >= 15 is 0 Å². The van der Waals surface area contributed by atoms with Crippen molar-refractivity contribution in [1.29, 1.82) is 0 Å². The first-order valence-electron chi connectivity index (χ1n) is 8.58. The third-order valence-electron chi connectivity index (χ3n) is 4.29. The number of aryl methyl sites for hydroxylation is 1. The van der Waals surface area contributed by atoms with Crippen LogP contribution >= 0.6 is 0 Å². The molecular formula is C19H24N2O5. The van der Waals surface area contributed by atoms with Gasteiger partial charge < -0.3 is 20.1 Å². The van der Waals surface area contributed by atoms with Crippen molar-refractivity contribution in [3.05, 3.63) is 42.5 Å². The Morgan fingerprint density at radius 1 is 1.46 bits per heavy atom. The molecule has 1 aromatic carbocycles. The number of carboxylic acids is 1. The summed E-state index contributed by atoms with van der Waals surface area (Å²) in [5.74, 6) is -2.36. The minimum absolute atomic E-state index is 0.0593. The summed E-state index contributed by atoms with van der Waals surface area (Å²) >= 11 is 0. The second kappa shape index (κ2) is 9.15. The molecule has 0 bridgehead atoms. The molecule has 7 heteroatoms. The van der Waals surface area contributed by atoms with Gasteiger partial charge in [-0.05, 0) is 18.1 Å². The first kappa shape index (κ1) is 19.7. The Morgan fingerprint density at radius 2 is 2.19 bits per heavy atom. The lowest BCUT2D eigenvalue weighted by Crippen LogP contribution is -2.46. The molecule has 1 aliphatic rings. The molecule has 26 heavy (non-hydrogen) atoms. The number of hydrogen-bond donors (Lipinski definition) is 2. The van der Waals surface area contributed by atoms with Crippen molar-refractivity contribution in [3.8, 4) is 0 Å². The molecule has 0 radical (unpaired) electrons. The van der Waals surface area contributed by atoms with Gasteiger partial charge in [0.2, 0.25) is 11.8 Å². The highest BCUT2D eigenvalue weighted by Crippen LogP contribution is 2.28. The molecule has 140 valence electrons. The highest BCUT2D eigenvalue weighted by atomic mass is 16.5. The molecule has 2 rings (SSSR count). The minimum Gasteiger partial charge on any atom is -0.480 e. The lowest BCUT2D eigenvalue weighted by molar-refractivity contribution is -0.144. The van der Waals surface area contributed by atoms with Gasteiger partial charge in [-0.1, -0.05) is 31.2 Å². The Hall–Kier alpha value is -2.67. The van der Waals surface area contributed by atoms with E-state index in [-0.39, 0.29) is 32.1 Å². The molecule has 0 spiro atoms. The molecule has 2 amide bonds. The summed E-state index contributed by atoms with van der Waals surface area (Å²) in [4.78, 5) is 37.7. The maximum Gasteiger partial charge on any atom is 0.328 e. The van der Waals surface area contributed by atoms with Gasteiger partial charge in [0.1, 0.15) is 0 Å². The predicted molar refractivity (Wildman–Crippen MR) is 96.9 cm³/mol. The number of ether oxygens (including phenoxy) is 1. The van der Waals surface area contributed by atoms with Gasteiger partial charge in [0.25, 0.3) is 0 Å². The molecule has 0 aromatic heterocycles. The predicted octanol–water partition coefficient (Wildman–Crippen LogP) is 1.37. The summed E-state index contributed by atoms with van der Waals surface area (Å²) in [5.41, 5.74) is 1.84.